The zero-order valence-corrected chi connectivity index (χ0v) is 19.2. The number of benzene rings is 1. The van der Waals surface area contributed by atoms with Crippen LogP contribution in [0.25, 0.3) is 11.2 Å². The summed E-state index contributed by atoms with van der Waals surface area (Å²) in [6.07, 6.45) is 5.16. The lowest BCUT2D eigenvalue weighted by Gasteiger charge is -2.32. The van der Waals surface area contributed by atoms with Crippen molar-refractivity contribution < 1.29 is 9.53 Å². The van der Waals surface area contributed by atoms with Gasteiger partial charge in [0.25, 0.3) is 0 Å². The number of carbonyl (C=O) groups excluding carboxylic acids is 1. The van der Waals surface area contributed by atoms with Gasteiger partial charge in [-0.25, -0.2) is 4.98 Å². The number of fused-ring (bicyclic) bond motifs is 1. The molecule has 10 nitrogen and oxygen atoms in total. The van der Waals surface area contributed by atoms with Crippen LogP contribution in [0.5, 0.6) is 0 Å². The highest BCUT2D eigenvalue weighted by molar-refractivity contribution is 5.87. The summed E-state index contributed by atoms with van der Waals surface area (Å²) in [5.41, 5.74) is 9.53. The molecule has 10 heteroatoms. The van der Waals surface area contributed by atoms with Gasteiger partial charge in [0.2, 0.25) is 11.9 Å². The Morgan fingerprint density at radius 1 is 1.21 bits per heavy atom. The molecule has 1 atom stereocenters. The Hall–Kier alpha value is -3.66. The molecule has 0 spiro atoms. The first-order valence-corrected chi connectivity index (χ1v) is 11.7. The molecule has 2 aliphatic rings. The van der Waals surface area contributed by atoms with E-state index in [2.05, 4.69) is 38.9 Å². The first kappa shape index (κ1) is 22.1. The van der Waals surface area contributed by atoms with Gasteiger partial charge in [-0.05, 0) is 49.1 Å². The van der Waals surface area contributed by atoms with Gasteiger partial charge >= 0.3 is 0 Å². The predicted octanol–water partition coefficient (Wildman–Crippen LogP) is 2.41. The summed E-state index contributed by atoms with van der Waals surface area (Å²) in [5, 5.41) is 3.27. The van der Waals surface area contributed by atoms with E-state index >= 15 is 0 Å². The first-order valence-electron chi connectivity index (χ1n) is 11.7. The van der Waals surface area contributed by atoms with Crippen LogP contribution in [0, 0.1) is 5.92 Å². The van der Waals surface area contributed by atoms with Crippen LogP contribution in [0.3, 0.4) is 0 Å². The average molecular weight is 463 g/mol. The number of likely N-dealkylation sites (tertiary alicyclic amines) is 1. The maximum Gasteiger partial charge on any atom is 0.245 e. The van der Waals surface area contributed by atoms with Gasteiger partial charge in [-0.2, -0.15) is 9.97 Å². The molecule has 0 radical (unpaired) electrons. The van der Waals surface area contributed by atoms with E-state index in [1.807, 2.05) is 21.6 Å². The summed E-state index contributed by atoms with van der Waals surface area (Å²) >= 11 is 0. The molecule has 1 aromatic carbocycles. The van der Waals surface area contributed by atoms with E-state index < -0.39 is 0 Å². The van der Waals surface area contributed by atoms with Crippen LogP contribution in [-0.2, 0) is 16.1 Å². The highest BCUT2D eigenvalue weighted by Crippen LogP contribution is 2.25. The molecule has 178 valence electrons. The number of rotatable bonds is 6. The monoisotopic (exact) mass is 462 g/mol. The third kappa shape index (κ3) is 4.67. The molecule has 5 rings (SSSR count). The number of hydrogen-bond donors (Lipinski definition) is 2. The molecule has 2 saturated heterocycles. The van der Waals surface area contributed by atoms with Crippen LogP contribution in [-0.4, -0.2) is 69.7 Å². The van der Waals surface area contributed by atoms with Gasteiger partial charge in [0, 0.05) is 44.1 Å². The van der Waals surface area contributed by atoms with Gasteiger partial charge in [0.15, 0.2) is 11.5 Å². The molecule has 3 N–H and O–H groups in total. The van der Waals surface area contributed by atoms with Crippen molar-refractivity contribution >= 4 is 40.2 Å². The molecular formula is C24H30N8O2. The molecule has 0 unspecified atom stereocenters. The fourth-order valence-electron chi connectivity index (χ4n) is 4.68. The predicted molar refractivity (Wildman–Crippen MR) is 132 cm³/mol. The molecule has 2 aromatic heterocycles. The highest BCUT2D eigenvalue weighted by Gasteiger charge is 2.23. The second kappa shape index (κ2) is 9.68. The quantitative estimate of drug-likeness (QED) is 0.537. The number of piperidine rings is 1. The third-order valence-electron chi connectivity index (χ3n) is 6.45. The van der Waals surface area contributed by atoms with Crippen LogP contribution in [0.15, 0.2) is 43.2 Å². The second-order valence-electron chi connectivity index (χ2n) is 8.77. The van der Waals surface area contributed by atoms with E-state index in [4.69, 9.17) is 15.5 Å². The zero-order valence-electron chi connectivity index (χ0n) is 19.2. The molecule has 4 heterocycles. The molecule has 3 aromatic rings. The number of aromatic nitrogens is 4. The molecule has 2 aliphatic heterocycles. The number of hydrogen-bond acceptors (Lipinski definition) is 8. The van der Waals surface area contributed by atoms with Crippen molar-refractivity contribution in [3.63, 3.8) is 0 Å². The summed E-state index contributed by atoms with van der Waals surface area (Å²) in [6, 6.07) is 8.19. The number of morpholine rings is 1. The molecule has 34 heavy (non-hydrogen) atoms. The minimum atomic E-state index is -0.0158. The van der Waals surface area contributed by atoms with Gasteiger partial charge in [0.1, 0.15) is 5.52 Å². The fourth-order valence-corrected chi connectivity index (χ4v) is 4.68. The Bertz CT molecular complexity index is 1170. The molecular weight excluding hydrogens is 432 g/mol. The number of nitrogens with two attached hydrogens (primary N) is 1. The van der Waals surface area contributed by atoms with E-state index in [9.17, 15) is 4.79 Å². The Morgan fingerprint density at radius 3 is 2.76 bits per heavy atom. The van der Waals surface area contributed by atoms with Crippen molar-refractivity contribution in [1.29, 1.82) is 0 Å². The van der Waals surface area contributed by atoms with E-state index in [1.54, 1.807) is 6.33 Å². The SMILES string of the molecule is C=CC(=O)N1CCC[C@H](Cn2cnc3c(N)nc(Nc4ccc(N5CCOCC5)cc4)nc32)C1. The van der Waals surface area contributed by atoms with Crippen molar-refractivity contribution in [3.05, 3.63) is 43.2 Å². The van der Waals surface area contributed by atoms with Crippen molar-refractivity contribution in [1.82, 2.24) is 24.4 Å². The summed E-state index contributed by atoms with van der Waals surface area (Å²) in [7, 11) is 0. The fraction of sp³-hybridized carbons (Fsp3) is 0.417. The van der Waals surface area contributed by atoms with Crippen LogP contribution < -0.4 is 16.0 Å². The molecule has 2 fully saturated rings. The van der Waals surface area contributed by atoms with Crippen molar-refractivity contribution in [3.8, 4) is 0 Å². The Morgan fingerprint density at radius 2 is 2.00 bits per heavy atom. The van der Waals surface area contributed by atoms with Crippen LogP contribution in [0.1, 0.15) is 12.8 Å². The zero-order chi connectivity index (χ0) is 23.5. The molecule has 0 bridgehead atoms. The Kier molecular flexibility index (Phi) is 6.31. The van der Waals surface area contributed by atoms with Gasteiger partial charge in [-0.3, -0.25) is 4.79 Å². The van der Waals surface area contributed by atoms with Gasteiger partial charge in [0.05, 0.1) is 19.5 Å². The number of amides is 1. The number of ether oxygens (including phenoxy) is 1. The highest BCUT2D eigenvalue weighted by atomic mass is 16.5. The van der Waals surface area contributed by atoms with Crippen molar-refractivity contribution in [2.45, 2.75) is 19.4 Å². The summed E-state index contributed by atoms with van der Waals surface area (Å²) in [5.74, 6) is 1.06. The Balaban J connectivity index is 1.32. The van der Waals surface area contributed by atoms with E-state index in [1.165, 1.54) is 11.8 Å². The lowest BCUT2D eigenvalue weighted by Crippen LogP contribution is -2.40. The number of anilines is 4. The van der Waals surface area contributed by atoms with Crippen LogP contribution >= 0.6 is 0 Å². The van der Waals surface area contributed by atoms with Crippen LogP contribution in [0.4, 0.5) is 23.1 Å². The Labute approximate surface area is 198 Å². The number of imidazole rings is 1. The normalized spacial score (nSPS) is 18.8. The van der Waals surface area contributed by atoms with E-state index in [0.717, 1.165) is 51.4 Å². The van der Waals surface area contributed by atoms with Gasteiger partial charge < -0.3 is 30.2 Å². The van der Waals surface area contributed by atoms with E-state index in [0.29, 0.717) is 41.9 Å². The smallest absolute Gasteiger partial charge is 0.245 e. The topological polar surface area (TPSA) is 114 Å². The third-order valence-corrected chi connectivity index (χ3v) is 6.45. The maximum absolute atomic E-state index is 12.0. The van der Waals surface area contributed by atoms with Crippen molar-refractivity contribution in [2.24, 2.45) is 5.92 Å². The summed E-state index contributed by atoms with van der Waals surface area (Å²) < 4.78 is 7.44. The first-order chi connectivity index (χ1) is 16.6. The standard InChI is InChI=1S/C24H30N8O2/c1-2-20(33)31-9-3-4-17(14-31)15-32-16-26-21-22(25)28-24(29-23(21)32)27-18-5-7-19(8-6-18)30-10-12-34-13-11-30/h2,5-8,16-17H,1,3-4,9-15H2,(H3,25,27,28,29)/t17-/m0/s1. The number of nitrogens with one attached hydrogen (secondary N) is 1. The van der Waals surface area contributed by atoms with Gasteiger partial charge in [-0.1, -0.05) is 6.58 Å². The number of carbonyl (C=O) groups is 1. The maximum atomic E-state index is 12.0. The second-order valence-corrected chi connectivity index (χ2v) is 8.77. The minimum absolute atomic E-state index is 0.0158. The lowest BCUT2D eigenvalue weighted by atomic mass is 9.98. The number of nitrogens with zero attached hydrogens (tertiary/aromatic N) is 6. The average Bonchev–Trinajstić information content (AvgIpc) is 3.27. The largest absolute Gasteiger partial charge is 0.382 e. The van der Waals surface area contributed by atoms with Crippen LogP contribution in [0.2, 0.25) is 0 Å². The molecule has 1 amide bonds. The number of nitrogen functional groups attached to an aromatic ring is 1. The molecule has 0 aliphatic carbocycles. The lowest BCUT2D eigenvalue weighted by molar-refractivity contribution is -0.127. The summed E-state index contributed by atoms with van der Waals surface area (Å²) in [4.78, 5) is 29.8. The van der Waals surface area contributed by atoms with Crippen molar-refractivity contribution in [2.75, 3.05) is 55.3 Å². The van der Waals surface area contributed by atoms with Gasteiger partial charge in [-0.15, -0.1) is 0 Å². The summed E-state index contributed by atoms with van der Waals surface area (Å²) in [6.45, 7) is 9.10. The minimum Gasteiger partial charge on any atom is -0.382 e. The van der Waals surface area contributed by atoms with E-state index in [-0.39, 0.29) is 5.91 Å². The molecule has 0 saturated carbocycles.